The predicted molar refractivity (Wildman–Crippen MR) is 70.9 cm³/mol. The van der Waals surface area contributed by atoms with Gasteiger partial charge in [-0.25, -0.2) is 0 Å². The number of rotatable bonds is 1. The van der Waals surface area contributed by atoms with Crippen LogP contribution in [0.2, 0.25) is 0 Å². The monoisotopic (exact) mass is 284 g/mol. The van der Waals surface area contributed by atoms with Crippen molar-refractivity contribution < 1.29 is 4.74 Å². The van der Waals surface area contributed by atoms with Crippen LogP contribution in [0.4, 0.5) is 11.4 Å². The molecule has 1 aliphatic rings. The molecule has 0 aliphatic carbocycles. The Balaban J connectivity index is 2.29. The van der Waals surface area contributed by atoms with E-state index in [1.54, 1.807) is 0 Å². The highest BCUT2D eigenvalue weighted by molar-refractivity contribution is 9.10. The van der Waals surface area contributed by atoms with Crippen LogP contribution in [-0.2, 0) is 4.74 Å². The van der Waals surface area contributed by atoms with Crippen LogP contribution < -0.4 is 10.6 Å². The summed E-state index contributed by atoms with van der Waals surface area (Å²) in [6.45, 7) is 6.80. The van der Waals surface area contributed by atoms with Gasteiger partial charge in [0, 0.05) is 23.2 Å². The lowest BCUT2D eigenvalue weighted by atomic mass is 10.1. The van der Waals surface area contributed by atoms with Crippen molar-refractivity contribution in [3.63, 3.8) is 0 Å². The van der Waals surface area contributed by atoms with E-state index in [4.69, 9.17) is 10.5 Å². The molecule has 0 radical (unpaired) electrons. The van der Waals surface area contributed by atoms with E-state index < -0.39 is 0 Å². The maximum absolute atomic E-state index is 5.87. The van der Waals surface area contributed by atoms with Gasteiger partial charge in [-0.2, -0.15) is 0 Å². The summed E-state index contributed by atoms with van der Waals surface area (Å²) >= 11 is 3.57. The summed E-state index contributed by atoms with van der Waals surface area (Å²) in [5.41, 5.74) is 9.04. The first-order valence-electron chi connectivity index (χ1n) is 5.50. The molecule has 0 bridgehead atoms. The van der Waals surface area contributed by atoms with Gasteiger partial charge in [-0.05, 0) is 47.5 Å². The van der Waals surface area contributed by atoms with Crippen LogP contribution in [0, 0.1) is 6.92 Å². The van der Waals surface area contributed by atoms with Crippen LogP contribution in [0.15, 0.2) is 16.6 Å². The molecule has 1 saturated heterocycles. The first-order chi connectivity index (χ1) is 7.58. The van der Waals surface area contributed by atoms with Gasteiger partial charge in [0.2, 0.25) is 0 Å². The fraction of sp³-hybridized carbons (Fsp3) is 0.500. The van der Waals surface area contributed by atoms with Crippen molar-refractivity contribution in [1.29, 1.82) is 0 Å². The molecule has 0 spiro atoms. The number of benzene rings is 1. The Hall–Kier alpha value is -0.740. The molecule has 1 unspecified atom stereocenters. The van der Waals surface area contributed by atoms with E-state index in [0.29, 0.717) is 6.10 Å². The standard InChI is InChI=1S/C12H17BrN2O/c1-8-5-12(10(13)6-11(8)14)15-3-4-16-9(2)7-15/h5-6,9H,3-4,7,14H2,1-2H3. The largest absolute Gasteiger partial charge is 0.398 e. The summed E-state index contributed by atoms with van der Waals surface area (Å²) in [4.78, 5) is 2.34. The molecule has 0 saturated carbocycles. The lowest BCUT2D eigenvalue weighted by Crippen LogP contribution is -2.41. The maximum Gasteiger partial charge on any atom is 0.0722 e. The number of hydrogen-bond donors (Lipinski definition) is 1. The van der Waals surface area contributed by atoms with Crippen molar-refractivity contribution in [1.82, 2.24) is 0 Å². The van der Waals surface area contributed by atoms with Crippen LogP contribution in [0.1, 0.15) is 12.5 Å². The molecule has 4 heteroatoms. The first kappa shape index (κ1) is 11.7. The van der Waals surface area contributed by atoms with Gasteiger partial charge in [-0.1, -0.05) is 0 Å². The van der Waals surface area contributed by atoms with Crippen LogP contribution in [0.25, 0.3) is 0 Å². The molecule has 1 aromatic rings. The number of halogens is 1. The molecule has 3 nitrogen and oxygen atoms in total. The SMILES string of the molecule is Cc1cc(N2CCOC(C)C2)c(Br)cc1N. The van der Waals surface area contributed by atoms with Crippen LogP contribution in [0.5, 0.6) is 0 Å². The van der Waals surface area contributed by atoms with Gasteiger partial charge in [-0.3, -0.25) is 0 Å². The molecule has 16 heavy (non-hydrogen) atoms. The van der Waals surface area contributed by atoms with E-state index in [-0.39, 0.29) is 0 Å². The third-order valence-electron chi connectivity index (χ3n) is 2.92. The number of nitrogen functional groups attached to an aromatic ring is 1. The molecule has 1 aromatic carbocycles. The Morgan fingerprint density at radius 3 is 2.94 bits per heavy atom. The number of aryl methyl sites for hydroxylation is 1. The molecule has 0 amide bonds. The van der Waals surface area contributed by atoms with Crippen molar-refractivity contribution in [2.45, 2.75) is 20.0 Å². The lowest BCUT2D eigenvalue weighted by Gasteiger charge is -2.33. The summed E-state index contributed by atoms with van der Waals surface area (Å²) in [5.74, 6) is 0. The molecular weight excluding hydrogens is 268 g/mol. The molecule has 88 valence electrons. The fourth-order valence-electron chi connectivity index (χ4n) is 1.96. The van der Waals surface area contributed by atoms with Crippen LogP contribution in [-0.4, -0.2) is 25.8 Å². The van der Waals surface area contributed by atoms with Gasteiger partial charge in [0.25, 0.3) is 0 Å². The first-order valence-corrected chi connectivity index (χ1v) is 6.29. The van der Waals surface area contributed by atoms with Gasteiger partial charge in [-0.15, -0.1) is 0 Å². The predicted octanol–water partition coefficient (Wildman–Crippen LogP) is 2.56. The van der Waals surface area contributed by atoms with Gasteiger partial charge in [0.15, 0.2) is 0 Å². The number of morpholine rings is 1. The average Bonchev–Trinajstić information content (AvgIpc) is 2.23. The zero-order valence-electron chi connectivity index (χ0n) is 9.66. The van der Waals surface area contributed by atoms with Crippen molar-refractivity contribution >= 4 is 27.3 Å². The lowest BCUT2D eigenvalue weighted by molar-refractivity contribution is 0.0532. The van der Waals surface area contributed by atoms with E-state index in [2.05, 4.69) is 33.8 Å². The quantitative estimate of drug-likeness (QED) is 0.806. The Kier molecular flexibility index (Phi) is 3.40. The van der Waals surface area contributed by atoms with E-state index in [9.17, 15) is 0 Å². The normalized spacial score (nSPS) is 21.2. The van der Waals surface area contributed by atoms with Crippen molar-refractivity contribution in [2.24, 2.45) is 0 Å². The number of anilines is 2. The summed E-state index contributed by atoms with van der Waals surface area (Å²) in [7, 11) is 0. The molecule has 1 aliphatic heterocycles. The summed E-state index contributed by atoms with van der Waals surface area (Å²) in [5, 5.41) is 0. The average molecular weight is 285 g/mol. The highest BCUT2D eigenvalue weighted by Crippen LogP contribution is 2.31. The molecule has 1 atom stereocenters. The molecule has 1 heterocycles. The van der Waals surface area contributed by atoms with Gasteiger partial charge < -0.3 is 15.4 Å². The minimum absolute atomic E-state index is 0.290. The van der Waals surface area contributed by atoms with E-state index in [1.807, 2.05) is 13.0 Å². The van der Waals surface area contributed by atoms with Crippen LogP contribution >= 0.6 is 15.9 Å². The fourth-order valence-corrected chi connectivity index (χ4v) is 2.57. The minimum atomic E-state index is 0.290. The Labute approximate surface area is 105 Å². The number of nitrogens with zero attached hydrogens (tertiary/aromatic N) is 1. The van der Waals surface area contributed by atoms with E-state index in [1.165, 1.54) is 5.69 Å². The molecule has 0 aromatic heterocycles. The third-order valence-corrected chi connectivity index (χ3v) is 3.55. The Morgan fingerprint density at radius 2 is 2.25 bits per heavy atom. The zero-order valence-corrected chi connectivity index (χ0v) is 11.3. The Bertz CT molecular complexity index is 395. The van der Waals surface area contributed by atoms with Gasteiger partial charge in [0.1, 0.15) is 0 Å². The van der Waals surface area contributed by atoms with Crippen molar-refractivity contribution in [3.8, 4) is 0 Å². The Morgan fingerprint density at radius 1 is 1.50 bits per heavy atom. The summed E-state index contributed by atoms with van der Waals surface area (Å²) in [6.07, 6.45) is 0.290. The molecule has 1 fully saturated rings. The maximum atomic E-state index is 5.87. The second kappa shape index (κ2) is 4.63. The van der Waals surface area contributed by atoms with Crippen LogP contribution in [0.3, 0.4) is 0 Å². The highest BCUT2D eigenvalue weighted by Gasteiger charge is 2.19. The molecule has 2 rings (SSSR count). The number of ether oxygens (including phenoxy) is 1. The van der Waals surface area contributed by atoms with Gasteiger partial charge >= 0.3 is 0 Å². The smallest absolute Gasteiger partial charge is 0.0722 e. The topological polar surface area (TPSA) is 38.5 Å². The number of nitrogens with two attached hydrogens (primary N) is 1. The summed E-state index contributed by atoms with van der Waals surface area (Å²) in [6, 6.07) is 4.11. The van der Waals surface area contributed by atoms with Gasteiger partial charge in [0.05, 0.1) is 18.4 Å². The summed E-state index contributed by atoms with van der Waals surface area (Å²) < 4.78 is 6.60. The zero-order chi connectivity index (χ0) is 11.7. The van der Waals surface area contributed by atoms with E-state index >= 15 is 0 Å². The highest BCUT2D eigenvalue weighted by atomic mass is 79.9. The van der Waals surface area contributed by atoms with E-state index in [0.717, 1.165) is 35.4 Å². The van der Waals surface area contributed by atoms with Crippen molar-refractivity contribution in [2.75, 3.05) is 30.3 Å². The molecular formula is C12H17BrN2O. The second-order valence-corrected chi connectivity index (χ2v) is 5.14. The molecule has 2 N–H and O–H groups in total. The minimum Gasteiger partial charge on any atom is -0.398 e. The second-order valence-electron chi connectivity index (χ2n) is 4.29. The van der Waals surface area contributed by atoms with Crippen molar-refractivity contribution in [3.05, 3.63) is 22.2 Å². The number of hydrogen-bond acceptors (Lipinski definition) is 3. The third kappa shape index (κ3) is 2.33.